The zero-order valence-electron chi connectivity index (χ0n) is 12.0. The van der Waals surface area contributed by atoms with Gasteiger partial charge in [-0.05, 0) is 55.1 Å². The summed E-state index contributed by atoms with van der Waals surface area (Å²) in [6.07, 6.45) is 11.3. The quantitative estimate of drug-likeness (QED) is 0.562. The Morgan fingerprint density at radius 1 is 1.05 bits per heavy atom. The highest BCUT2D eigenvalue weighted by Gasteiger charge is 2.34. The van der Waals surface area contributed by atoms with Gasteiger partial charge in [-0.3, -0.25) is 0 Å². The van der Waals surface area contributed by atoms with Crippen LogP contribution in [0.25, 0.3) is 0 Å². The Bertz CT molecular complexity index is 445. The fraction of sp³-hybridized carbons (Fsp3) is 0.667. The molecule has 4 unspecified atom stereocenters. The van der Waals surface area contributed by atoms with Crippen LogP contribution in [0.1, 0.15) is 50.5 Å². The molecule has 0 nitrogen and oxygen atoms in total. The first-order valence-electron chi connectivity index (χ1n) is 8.11. The van der Waals surface area contributed by atoms with E-state index in [9.17, 15) is 0 Å². The molecule has 110 valence electrons. The summed E-state index contributed by atoms with van der Waals surface area (Å²) in [6.45, 7) is 0. The summed E-state index contributed by atoms with van der Waals surface area (Å²) in [5.74, 6) is 2.89. The minimum Gasteiger partial charge on any atom is -0.0884 e. The van der Waals surface area contributed by atoms with Crippen molar-refractivity contribution in [3.05, 3.63) is 34.9 Å². The first-order valence-corrected chi connectivity index (χ1v) is 9.41. The fourth-order valence-corrected chi connectivity index (χ4v) is 5.32. The van der Waals surface area contributed by atoms with Crippen LogP contribution in [0, 0.1) is 17.8 Å². The second-order valence-corrected chi connectivity index (χ2v) is 8.27. The minimum atomic E-state index is 0.588. The van der Waals surface area contributed by atoms with Gasteiger partial charge in [-0.1, -0.05) is 71.4 Å². The molecule has 0 aliphatic heterocycles. The van der Waals surface area contributed by atoms with Crippen LogP contribution in [-0.4, -0.2) is 4.83 Å². The molecule has 2 aliphatic rings. The van der Waals surface area contributed by atoms with Gasteiger partial charge < -0.3 is 0 Å². The Hall–Kier alpha value is -0.0100. The van der Waals surface area contributed by atoms with E-state index in [1.807, 2.05) is 12.1 Å². The maximum absolute atomic E-state index is 6.30. The van der Waals surface area contributed by atoms with E-state index in [2.05, 4.69) is 28.1 Å². The molecule has 20 heavy (non-hydrogen) atoms. The molecule has 1 aromatic carbocycles. The van der Waals surface area contributed by atoms with E-state index in [1.165, 1.54) is 50.5 Å². The third-order valence-corrected chi connectivity index (χ3v) is 6.90. The highest BCUT2D eigenvalue weighted by Crippen LogP contribution is 2.45. The van der Waals surface area contributed by atoms with Crippen LogP contribution >= 0.6 is 27.5 Å². The second kappa shape index (κ2) is 6.83. The normalized spacial score (nSPS) is 31.6. The minimum absolute atomic E-state index is 0.588. The zero-order chi connectivity index (χ0) is 13.9. The van der Waals surface area contributed by atoms with Crippen LogP contribution < -0.4 is 0 Å². The van der Waals surface area contributed by atoms with Crippen LogP contribution in [-0.2, 0) is 6.42 Å². The van der Waals surface area contributed by atoms with Crippen LogP contribution in [0.5, 0.6) is 0 Å². The lowest BCUT2D eigenvalue weighted by molar-refractivity contribution is 0.129. The zero-order valence-corrected chi connectivity index (χ0v) is 14.4. The van der Waals surface area contributed by atoms with Crippen molar-refractivity contribution in [3.8, 4) is 0 Å². The third-order valence-electron chi connectivity index (χ3n) is 5.46. The SMILES string of the molecule is Clc1ccccc1CC(Br)C1CCC2CCCCC2C1. The van der Waals surface area contributed by atoms with Gasteiger partial charge in [0, 0.05) is 9.85 Å². The van der Waals surface area contributed by atoms with Crippen LogP contribution in [0.4, 0.5) is 0 Å². The average Bonchev–Trinajstić information content (AvgIpc) is 2.49. The van der Waals surface area contributed by atoms with Gasteiger partial charge in [0.05, 0.1) is 0 Å². The lowest BCUT2D eigenvalue weighted by Gasteiger charge is -2.41. The molecule has 0 aromatic heterocycles. The molecule has 0 bridgehead atoms. The fourth-order valence-electron chi connectivity index (χ4n) is 4.28. The van der Waals surface area contributed by atoms with Crippen molar-refractivity contribution in [1.29, 1.82) is 0 Å². The third kappa shape index (κ3) is 3.42. The molecule has 0 spiro atoms. The number of halogens is 2. The molecule has 3 rings (SSSR count). The van der Waals surface area contributed by atoms with Gasteiger partial charge in [0.2, 0.25) is 0 Å². The summed E-state index contributed by atoms with van der Waals surface area (Å²) in [5, 5.41) is 0.920. The molecule has 2 fully saturated rings. The summed E-state index contributed by atoms with van der Waals surface area (Å²) >= 11 is 10.3. The van der Waals surface area contributed by atoms with E-state index < -0.39 is 0 Å². The molecule has 2 aliphatic carbocycles. The summed E-state index contributed by atoms with van der Waals surface area (Å²) in [7, 11) is 0. The van der Waals surface area contributed by atoms with E-state index in [-0.39, 0.29) is 0 Å². The summed E-state index contributed by atoms with van der Waals surface area (Å²) in [6, 6.07) is 8.29. The summed E-state index contributed by atoms with van der Waals surface area (Å²) in [4.78, 5) is 0.588. The summed E-state index contributed by atoms with van der Waals surface area (Å²) < 4.78 is 0. The molecular weight excluding hydrogens is 332 g/mol. The molecule has 1 aromatic rings. The first-order chi connectivity index (χ1) is 9.74. The Balaban J connectivity index is 1.60. The number of rotatable bonds is 3. The highest BCUT2D eigenvalue weighted by atomic mass is 79.9. The van der Waals surface area contributed by atoms with Gasteiger partial charge in [0.1, 0.15) is 0 Å². The largest absolute Gasteiger partial charge is 0.0884 e. The van der Waals surface area contributed by atoms with E-state index in [1.54, 1.807) is 0 Å². The first kappa shape index (κ1) is 14.9. The molecule has 2 heteroatoms. The molecule has 0 heterocycles. The molecular formula is C18H24BrCl. The monoisotopic (exact) mass is 354 g/mol. The maximum Gasteiger partial charge on any atom is 0.0438 e. The predicted molar refractivity (Wildman–Crippen MR) is 90.7 cm³/mol. The Morgan fingerprint density at radius 2 is 1.80 bits per heavy atom. The topological polar surface area (TPSA) is 0 Å². The highest BCUT2D eigenvalue weighted by molar-refractivity contribution is 9.09. The Kier molecular flexibility index (Phi) is 5.09. The Morgan fingerprint density at radius 3 is 2.60 bits per heavy atom. The predicted octanol–water partition coefficient (Wildman–Crippen LogP) is 6.25. The lowest BCUT2D eigenvalue weighted by atomic mass is 9.66. The summed E-state index contributed by atoms with van der Waals surface area (Å²) in [5.41, 5.74) is 1.29. The molecule has 2 saturated carbocycles. The van der Waals surface area contributed by atoms with E-state index in [4.69, 9.17) is 11.6 Å². The number of hydrogen-bond acceptors (Lipinski definition) is 0. The van der Waals surface area contributed by atoms with Crippen LogP contribution in [0.15, 0.2) is 24.3 Å². The van der Waals surface area contributed by atoms with Gasteiger partial charge >= 0.3 is 0 Å². The molecule has 0 radical (unpaired) electrons. The van der Waals surface area contributed by atoms with Crippen molar-refractivity contribution in [2.24, 2.45) is 17.8 Å². The van der Waals surface area contributed by atoms with Gasteiger partial charge in [-0.15, -0.1) is 0 Å². The van der Waals surface area contributed by atoms with Gasteiger partial charge in [0.15, 0.2) is 0 Å². The van der Waals surface area contributed by atoms with Gasteiger partial charge in [-0.25, -0.2) is 0 Å². The van der Waals surface area contributed by atoms with Gasteiger partial charge in [-0.2, -0.15) is 0 Å². The van der Waals surface area contributed by atoms with E-state index in [0.717, 1.165) is 29.2 Å². The van der Waals surface area contributed by atoms with Crippen LogP contribution in [0.3, 0.4) is 0 Å². The van der Waals surface area contributed by atoms with E-state index in [0.29, 0.717) is 4.83 Å². The van der Waals surface area contributed by atoms with E-state index >= 15 is 0 Å². The van der Waals surface area contributed by atoms with Crippen molar-refractivity contribution in [3.63, 3.8) is 0 Å². The number of hydrogen-bond donors (Lipinski definition) is 0. The number of alkyl halides is 1. The van der Waals surface area contributed by atoms with Crippen molar-refractivity contribution >= 4 is 27.5 Å². The standard InChI is InChI=1S/C18H24BrCl/c19-17(12-16-7-3-4-8-18(16)20)15-10-9-13-5-1-2-6-14(13)11-15/h3-4,7-8,13-15,17H,1-2,5-6,9-12H2. The lowest BCUT2D eigenvalue weighted by Crippen LogP contribution is -2.32. The van der Waals surface area contributed by atoms with Crippen LogP contribution in [0.2, 0.25) is 5.02 Å². The van der Waals surface area contributed by atoms with Crippen molar-refractivity contribution in [2.75, 3.05) is 0 Å². The molecule has 4 atom stereocenters. The second-order valence-electron chi connectivity index (χ2n) is 6.69. The van der Waals surface area contributed by atoms with Crippen molar-refractivity contribution < 1.29 is 0 Å². The van der Waals surface area contributed by atoms with Gasteiger partial charge in [0.25, 0.3) is 0 Å². The van der Waals surface area contributed by atoms with Crippen molar-refractivity contribution in [2.45, 2.75) is 56.2 Å². The number of benzene rings is 1. The molecule has 0 saturated heterocycles. The molecule has 0 N–H and O–H groups in total. The number of fused-ring (bicyclic) bond motifs is 1. The Labute approximate surface area is 136 Å². The average molecular weight is 356 g/mol. The smallest absolute Gasteiger partial charge is 0.0438 e. The van der Waals surface area contributed by atoms with Crippen molar-refractivity contribution in [1.82, 2.24) is 0 Å². The maximum atomic E-state index is 6.30. The molecule has 0 amide bonds.